The van der Waals surface area contributed by atoms with E-state index in [2.05, 4.69) is 13.8 Å². The highest BCUT2D eigenvalue weighted by molar-refractivity contribution is 6.01. The van der Waals surface area contributed by atoms with Crippen molar-refractivity contribution in [1.82, 2.24) is 4.90 Å². The summed E-state index contributed by atoms with van der Waals surface area (Å²) >= 11 is 0. The van der Waals surface area contributed by atoms with Crippen molar-refractivity contribution in [3.8, 4) is 22.6 Å². The van der Waals surface area contributed by atoms with Gasteiger partial charge in [-0.2, -0.15) is 0 Å². The molecular weight excluding hydrogens is 302 g/mol. The fourth-order valence-corrected chi connectivity index (χ4v) is 3.01. The number of fused-ring (bicyclic) bond motifs is 1. The average molecular weight is 325 g/mol. The number of carbonyl (C=O) groups is 1. The van der Waals surface area contributed by atoms with Crippen LogP contribution in [0.4, 0.5) is 0 Å². The SMILES string of the molecule is CCCN(CCC)C(=O)c1ccccc1-c1ccc2c(c1)OCO2. The van der Waals surface area contributed by atoms with Gasteiger partial charge in [-0.15, -0.1) is 0 Å². The number of nitrogens with zero attached hydrogens (tertiary/aromatic N) is 1. The van der Waals surface area contributed by atoms with Crippen LogP contribution in [0.2, 0.25) is 0 Å². The monoisotopic (exact) mass is 325 g/mol. The lowest BCUT2D eigenvalue weighted by molar-refractivity contribution is 0.0756. The van der Waals surface area contributed by atoms with E-state index >= 15 is 0 Å². The molecule has 0 fully saturated rings. The summed E-state index contributed by atoms with van der Waals surface area (Å²) in [6.45, 7) is 6.00. The van der Waals surface area contributed by atoms with E-state index < -0.39 is 0 Å². The molecule has 0 saturated heterocycles. The first-order valence-corrected chi connectivity index (χ1v) is 8.53. The van der Waals surface area contributed by atoms with Gasteiger partial charge in [0.05, 0.1) is 0 Å². The maximum atomic E-state index is 13.0. The van der Waals surface area contributed by atoms with Crippen LogP contribution in [-0.2, 0) is 0 Å². The van der Waals surface area contributed by atoms with E-state index in [1.54, 1.807) is 0 Å². The van der Waals surface area contributed by atoms with Crippen molar-refractivity contribution in [1.29, 1.82) is 0 Å². The Kier molecular flexibility index (Phi) is 5.04. The van der Waals surface area contributed by atoms with Crippen molar-refractivity contribution in [2.45, 2.75) is 26.7 Å². The summed E-state index contributed by atoms with van der Waals surface area (Å²) in [6.07, 6.45) is 1.91. The number of benzene rings is 2. The van der Waals surface area contributed by atoms with Gasteiger partial charge in [-0.05, 0) is 42.2 Å². The Morgan fingerprint density at radius 3 is 2.46 bits per heavy atom. The fraction of sp³-hybridized carbons (Fsp3) is 0.350. The summed E-state index contributed by atoms with van der Waals surface area (Å²) in [5, 5.41) is 0. The van der Waals surface area contributed by atoms with Crippen LogP contribution in [0, 0.1) is 0 Å². The van der Waals surface area contributed by atoms with Crippen LogP contribution in [0.5, 0.6) is 11.5 Å². The molecule has 126 valence electrons. The lowest BCUT2D eigenvalue weighted by Crippen LogP contribution is -2.32. The molecule has 0 bridgehead atoms. The largest absolute Gasteiger partial charge is 0.454 e. The van der Waals surface area contributed by atoms with Crippen molar-refractivity contribution in [3.05, 3.63) is 48.0 Å². The van der Waals surface area contributed by atoms with Crippen LogP contribution in [0.3, 0.4) is 0 Å². The molecule has 0 unspecified atom stereocenters. The van der Waals surface area contributed by atoms with Crippen LogP contribution >= 0.6 is 0 Å². The molecule has 0 spiro atoms. The van der Waals surface area contributed by atoms with Crippen molar-refractivity contribution >= 4 is 5.91 Å². The summed E-state index contributed by atoms with van der Waals surface area (Å²) in [5.74, 6) is 1.57. The first-order valence-electron chi connectivity index (χ1n) is 8.53. The van der Waals surface area contributed by atoms with Gasteiger partial charge in [-0.1, -0.05) is 38.1 Å². The summed E-state index contributed by atoms with van der Waals surface area (Å²) in [6, 6.07) is 13.6. The first-order chi connectivity index (χ1) is 11.7. The number of hydrogen-bond donors (Lipinski definition) is 0. The van der Waals surface area contributed by atoms with Gasteiger partial charge in [0.15, 0.2) is 11.5 Å². The standard InChI is InChI=1S/C20H23NO3/c1-3-11-21(12-4-2)20(22)17-8-6-5-7-16(17)15-9-10-18-19(13-15)24-14-23-18/h5-10,13H,3-4,11-12,14H2,1-2H3. The Balaban J connectivity index is 1.97. The Hall–Kier alpha value is -2.49. The predicted molar refractivity (Wildman–Crippen MR) is 94.5 cm³/mol. The van der Waals surface area contributed by atoms with Gasteiger partial charge in [-0.25, -0.2) is 0 Å². The van der Waals surface area contributed by atoms with E-state index in [0.29, 0.717) is 0 Å². The zero-order chi connectivity index (χ0) is 16.9. The quantitative estimate of drug-likeness (QED) is 0.793. The molecule has 4 nitrogen and oxygen atoms in total. The smallest absolute Gasteiger partial charge is 0.254 e. The van der Waals surface area contributed by atoms with Crippen LogP contribution in [0.25, 0.3) is 11.1 Å². The van der Waals surface area contributed by atoms with Crippen LogP contribution in [0.15, 0.2) is 42.5 Å². The van der Waals surface area contributed by atoms with Gasteiger partial charge in [0.25, 0.3) is 5.91 Å². The van der Waals surface area contributed by atoms with E-state index in [1.807, 2.05) is 47.4 Å². The molecule has 1 heterocycles. The number of amides is 1. The van der Waals surface area contributed by atoms with Gasteiger partial charge in [0.2, 0.25) is 6.79 Å². The summed E-state index contributed by atoms with van der Waals surface area (Å²) in [5.41, 5.74) is 2.63. The molecule has 2 aromatic rings. The van der Waals surface area contributed by atoms with Crippen LogP contribution in [-0.4, -0.2) is 30.7 Å². The van der Waals surface area contributed by atoms with E-state index in [4.69, 9.17) is 9.47 Å². The van der Waals surface area contributed by atoms with E-state index in [1.165, 1.54) is 0 Å². The zero-order valence-corrected chi connectivity index (χ0v) is 14.2. The highest BCUT2D eigenvalue weighted by Crippen LogP contribution is 2.37. The minimum atomic E-state index is 0.0898. The number of hydrogen-bond acceptors (Lipinski definition) is 3. The summed E-state index contributed by atoms with van der Waals surface area (Å²) < 4.78 is 10.8. The predicted octanol–water partition coefficient (Wildman–Crippen LogP) is 4.34. The topological polar surface area (TPSA) is 38.8 Å². The molecule has 0 aromatic heterocycles. The third kappa shape index (κ3) is 3.23. The van der Waals surface area contributed by atoms with E-state index in [-0.39, 0.29) is 12.7 Å². The van der Waals surface area contributed by atoms with Gasteiger partial charge in [0, 0.05) is 18.7 Å². The minimum absolute atomic E-state index is 0.0898. The van der Waals surface area contributed by atoms with E-state index in [0.717, 1.165) is 54.1 Å². The number of rotatable bonds is 6. The van der Waals surface area contributed by atoms with Crippen molar-refractivity contribution in [2.24, 2.45) is 0 Å². The number of ether oxygens (including phenoxy) is 2. The molecular formula is C20H23NO3. The molecule has 0 aliphatic carbocycles. The summed E-state index contributed by atoms with van der Waals surface area (Å²) in [4.78, 5) is 15.0. The van der Waals surface area contributed by atoms with Gasteiger partial charge in [-0.3, -0.25) is 4.79 Å². The zero-order valence-electron chi connectivity index (χ0n) is 14.2. The molecule has 4 heteroatoms. The molecule has 1 aliphatic rings. The lowest BCUT2D eigenvalue weighted by Gasteiger charge is -2.23. The van der Waals surface area contributed by atoms with Crippen molar-refractivity contribution in [3.63, 3.8) is 0 Å². The normalized spacial score (nSPS) is 12.2. The second-order valence-electron chi connectivity index (χ2n) is 5.91. The van der Waals surface area contributed by atoms with E-state index in [9.17, 15) is 4.79 Å². The number of carbonyl (C=O) groups excluding carboxylic acids is 1. The maximum absolute atomic E-state index is 13.0. The second-order valence-corrected chi connectivity index (χ2v) is 5.91. The molecule has 3 rings (SSSR count). The van der Waals surface area contributed by atoms with Crippen molar-refractivity contribution in [2.75, 3.05) is 19.9 Å². The molecule has 1 aliphatic heterocycles. The molecule has 0 N–H and O–H groups in total. The lowest BCUT2D eigenvalue weighted by atomic mass is 9.98. The Bertz CT molecular complexity index is 721. The van der Waals surface area contributed by atoms with Gasteiger partial charge >= 0.3 is 0 Å². The molecule has 2 aromatic carbocycles. The molecule has 1 amide bonds. The Morgan fingerprint density at radius 1 is 1.00 bits per heavy atom. The third-order valence-electron chi connectivity index (χ3n) is 4.12. The van der Waals surface area contributed by atoms with Gasteiger partial charge in [0.1, 0.15) is 0 Å². The Morgan fingerprint density at radius 2 is 1.71 bits per heavy atom. The third-order valence-corrected chi connectivity index (χ3v) is 4.12. The van der Waals surface area contributed by atoms with Crippen molar-refractivity contribution < 1.29 is 14.3 Å². The summed E-state index contributed by atoms with van der Waals surface area (Å²) in [7, 11) is 0. The second kappa shape index (κ2) is 7.39. The first kappa shape index (κ1) is 16.4. The highest BCUT2D eigenvalue weighted by atomic mass is 16.7. The molecule has 24 heavy (non-hydrogen) atoms. The Labute approximate surface area is 143 Å². The molecule has 0 saturated carbocycles. The maximum Gasteiger partial charge on any atom is 0.254 e. The minimum Gasteiger partial charge on any atom is -0.454 e. The highest BCUT2D eigenvalue weighted by Gasteiger charge is 2.20. The van der Waals surface area contributed by atoms with Gasteiger partial charge < -0.3 is 14.4 Å². The fourth-order valence-electron chi connectivity index (χ4n) is 3.01. The average Bonchev–Trinajstić information content (AvgIpc) is 3.08. The molecule has 0 atom stereocenters. The van der Waals surface area contributed by atoms with Crippen LogP contribution in [0.1, 0.15) is 37.0 Å². The van der Waals surface area contributed by atoms with Crippen LogP contribution < -0.4 is 9.47 Å². The molecule has 0 radical (unpaired) electrons.